The summed E-state index contributed by atoms with van der Waals surface area (Å²) in [4.78, 5) is 27.7. The van der Waals surface area contributed by atoms with E-state index in [1.54, 1.807) is 18.3 Å². The fourth-order valence-corrected chi connectivity index (χ4v) is 1.38. The molecular weight excluding hydrogens is 198 g/mol. The minimum absolute atomic E-state index is 0.124. The summed E-state index contributed by atoms with van der Waals surface area (Å²) < 4.78 is 0. The number of amides is 3. The number of urea groups is 1. The van der Waals surface area contributed by atoms with Crippen LogP contribution in [-0.4, -0.2) is 28.3 Å². The Morgan fingerprint density at radius 1 is 1.53 bits per heavy atom. The first kappa shape index (κ1) is 9.60. The van der Waals surface area contributed by atoms with Crippen LogP contribution in [0.15, 0.2) is 24.5 Å². The molecule has 1 atom stereocenters. The van der Waals surface area contributed by atoms with Gasteiger partial charge in [0.2, 0.25) is 5.91 Å². The quantitative estimate of drug-likeness (QED) is 0.670. The minimum atomic E-state index is -1.10. The van der Waals surface area contributed by atoms with Gasteiger partial charge in [0.1, 0.15) is 6.23 Å². The van der Waals surface area contributed by atoms with Crippen LogP contribution in [0.25, 0.3) is 0 Å². The van der Waals surface area contributed by atoms with E-state index in [9.17, 15) is 9.59 Å². The molecule has 15 heavy (non-hydrogen) atoms. The van der Waals surface area contributed by atoms with Crippen LogP contribution in [0.2, 0.25) is 0 Å². The Kier molecular flexibility index (Phi) is 2.34. The number of anilines is 1. The predicted octanol–water partition coefficient (Wildman–Crippen LogP) is -0.154. The topological polar surface area (TPSA) is 82.5 Å². The zero-order valence-electron chi connectivity index (χ0n) is 7.75. The first-order chi connectivity index (χ1) is 7.18. The summed E-state index contributed by atoms with van der Waals surface area (Å²) in [6, 6.07) is 2.59. The summed E-state index contributed by atoms with van der Waals surface area (Å²) in [5.41, 5.74) is 0.395. The Bertz CT molecular complexity index is 375. The summed E-state index contributed by atoms with van der Waals surface area (Å²) in [5, 5.41) is 11.4. The van der Waals surface area contributed by atoms with Gasteiger partial charge in [-0.05, 0) is 12.1 Å². The van der Waals surface area contributed by atoms with Gasteiger partial charge in [-0.3, -0.25) is 9.78 Å². The number of aromatic nitrogens is 1. The lowest BCUT2D eigenvalue weighted by Gasteiger charge is -2.28. The highest BCUT2D eigenvalue weighted by atomic mass is 16.3. The van der Waals surface area contributed by atoms with Crippen LogP contribution < -0.4 is 10.2 Å². The maximum atomic E-state index is 11.5. The molecule has 0 aromatic carbocycles. The van der Waals surface area contributed by atoms with Gasteiger partial charge in [-0.2, -0.15) is 0 Å². The van der Waals surface area contributed by atoms with Crippen molar-refractivity contribution in [3.8, 4) is 0 Å². The second-order valence-electron chi connectivity index (χ2n) is 3.11. The average Bonchev–Trinajstić information content (AvgIpc) is 2.17. The van der Waals surface area contributed by atoms with E-state index in [4.69, 9.17) is 5.11 Å². The van der Waals surface area contributed by atoms with E-state index >= 15 is 0 Å². The van der Waals surface area contributed by atoms with Crippen LogP contribution in [0.5, 0.6) is 0 Å². The van der Waals surface area contributed by atoms with Crippen molar-refractivity contribution in [2.75, 3.05) is 4.90 Å². The normalized spacial score (nSPS) is 21.4. The van der Waals surface area contributed by atoms with Crippen molar-refractivity contribution in [1.82, 2.24) is 10.3 Å². The summed E-state index contributed by atoms with van der Waals surface area (Å²) in [6.45, 7) is 0. The number of hydrogen-bond donors (Lipinski definition) is 2. The largest absolute Gasteiger partial charge is 0.373 e. The zero-order chi connectivity index (χ0) is 10.8. The molecule has 0 saturated carbocycles. The third-order valence-electron chi connectivity index (χ3n) is 2.01. The maximum Gasteiger partial charge on any atom is 0.330 e. The number of aliphatic hydroxyl groups excluding tert-OH is 1. The van der Waals surface area contributed by atoms with E-state index < -0.39 is 18.2 Å². The van der Waals surface area contributed by atoms with Crippen LogP contribution in [-0.2, 0) is 4.79 Å². The lowest BCUT2D eigenvalue weighted by atomic mass is 10.2. The number of hydrogen-bond acceptors (Lipinski definition) is 4. The highest BCUT2D eigenvalue weighted by Crippen LogP contribution is 2.16. The fourth-order valence-electron chi connectivity index (χ4n) is 1.38. The molecule has 1 aliphatic rings. The SMILES string of the molecule is O=C1CC(O)NC(=O)N1c1cccnc1. The molecule has 2 rings (SSSR count). The van der Waals surface area contributed by atoms with Crippen LogP contribution in [0.1, 0.15) is 6.42 Å². The number of pyridine rings is 1. The number of nitrogens with zero attached hydrogens (tertiary/aromatic N) is 2. The van der Waals surface area contributed by atoms with Gasteiger partial charge in [0.25, 0.3) is 0 Å². The van der Waals surface area contributed by atoms with E-state index in [2.05, 4.69) is 10.3 Å². The Morgan fingerprint density at radius 2 is 2.33 bits per heavy atom. The van der Waals surface area contributed by atoms with Crippen molar-refractivity contribution in [3.05, 3.63) is 24.5 Å². The molecule has 0 bridgehead atoms. The molecular formula is C9H9N3O3. The van der Waals surface area contributed by atoms with Crippen LogP contribution in [0, 0.1) is 0 Å². The third-order valence-corrected chi connectivity index (χ3v) is 2.01. The Hall–Kier alpha value is -1.95. The van der Waals surface area contributed by atoms with Gasteiger partial charge in [-0.25, -0.2) is 9.69 Å². The Labute approximate surface area is 85.5 Å². The first-order valence-electron chi connectivity index (χ1n) is 4.40. The number of rotatable bonds is 1. The van der Waals surface area contributed by atoms with E-state index in [-0.39, 0.29) is 6.42 Å². The van der Waals surface area contributed by atoms with Gasteiger partial charge < -0.3 is 10.4 Å². The van der Waals surface area contributed by atoms with E-state index in [1.165, 1.54) is 6.20 Å². The molecule has 0 aliphatic carbocycles. The van der Waals surface area contributed by atoms with Gasteiger partial charge >= 0.3 is 6.03 Å². The lowest BCUT2D eigenvalue weighted by molar-refractivity contribution is -0.121. The molecule has 1 fully saturated rings. The molecule has 78 valence electrons. The monoisotopic (exact) mass is 207 g/mol. The molecule has 1 aliphatic heterocycles. The summed E-state index contributed by atoms with van der Waals surface area (Å²) in [5.74, 6) is -0.445. The average molecular weight is 207 g/mol. The minimum Gasteiger partial charge on any atom is -0.373 e. The first-order valence-corrected chi connectivity index (χ1v) is 4.40. The molecule has 2 heterocycles. The van der Waals surface area contributed by atoms with Gasteiger partial charge in [-0.15, -0.1) is 0 Å². The van der Waals surface area contributed by atoms with Gasteiger partial charge in [0.15, 0.2) is 0 Å². The standard InChI is InChI=1S/C9H9N3O3/c13-7-4-8(14)12(9(15)11-7)6-2-1-3-10-5-6/h1-3,5,7,13H,4H2,(H,11,15). The smallest absolute Gasteiger partial charge is 0.330 e. The highest BCUT2D eigenvalue weighted by Gasteiger charge is 2.31. The van der Waals surface area contributed by atoms with Crippen LogP contribution in [0.4, 0.5) is 10.5 Å². The number of aliphatic hydroxyl groups is 1. The van der Waals surface area contributed by atoms with Crippen molar-refractivity contribution in [2.24, 2.45) is 0 Å². The molecule has 6 nitrogen and oxygen atoms in total. The second-order valence-corrected chi connectivity index (χ2v) is 3.11. The highest BCUT2D eigenvalue weighted by molar-refractivity contribution is 6.15. The molecule has 2 N–H and O–H groups in total. The van der Waals surface area contributed by atoms with E-state index in [0.717, 1.165) is 4.90 Å². The number of carbonyl (C=O) groups excluding carboxylic acids is 2. The Balaban J connectivity index is 2.29. The van der Waals surface area contributed by atoms with Crippen molar-refractivity contribution in [3.63, 3.8) is 0 Å². The summed E-state index contributed by atoms with van der Waals surface area (Å²) in [7, 11) is 0. The van der Waals surface area contributed by atoms with Gasteiger partial charge in [0.05, 0.1) is 18.3 Å². The molecule has 1 saturated heterocycles. The fraction of sp³-hybridized carbons (Fsp3) is 0.222. The number of carbonyl (C=O) groups is 2. The molecule has 3 amide bonds. The lowest BCUT2D eigenvalue weighted by Crippen LogP contribution is -2.54. The molecule has 0 radical (unpaired) electrons. The molecule has 6 heteroatoms. The van der Waals surface area contributed by atoms with E-state index in [0.29, 0.717) is 5.69 Å². The van der Waals surface area contributed by atoms with Crippen molar-refractivity contribution in [2.45, 2.75) is 12.6 Å². The van der Waals surface area contributed by atoms with Gasteiger partial charge in [-0.1, -0.05) is 0 Å². The van der Waals surface area contributed by atoms with Crippen LogP contribution in [0.3, 0.4) is 0 Å². The second kappa shape index (κ2) is 3.66. The van der Waals surface area contributed by atoms with Crippen molar-refractivity contribution >= 4 is 17.6 Å². The molecule has 1 aromatic rings. The van der Waals surface area contributed by atoms with Crippen molar-refractivity contribution < 1.29 is 14.7 Å². The molecule has 0 spiro atoms. The molecule has 1 aromatic heterocycles. The zero-order valence-corrected chi connectivity index (χ0v) is 7.75. The Morgan fingerprint density at radius 3 is 2.93 bits per heavy atom. The van der Waals surface area contributed by atoms with Crippen LogP contribution >= 0.6 is 0 Å². The summed E-state index contributed by atoms with van der Waals surface area (Å²) in [6.07, 6.45) is 1.73. The predicted molar refractivity (Wildman–Crippen MR) is 50.9 cm³/mol. The summed E-state index contributed by atoms with van der Waals surface area (Å²) >= 11 is 0. The number of imide groups is 1. The van der Waals surface area contributed by atoms with Gasteiger partial charge in [0, 0.05) is 6.20 Å². The van der Waals surface area contributed by atoms with E-state index in [1.807, 2.05) is 0 Å². The maximum absolute atomic E-state index is 11.5. The molecule has 1 unspecified atom stereocenters. The third kappa shape index (κ3) is 1.79. The van der Waals surface area contributed by atoms with Crippen molar-refractivity contribution in [1.29, 1.82) is 0 Å². The number of nitrogens with one attached hydrogen (secondary N) is 1.